The van der Waals surface area contributed by atoms with E-state index >= 15 is 0 Å². The van der Waals surface area contributed by atoms with Gasteiger partial charge < -0.3 is 9.84 Å². The van der Waals surface area contributed by atoms with Gasteiger partial charge in [0, 0.05) is 56.5 Å². The molecule has 2 aromatic carbocycles. The van der Waals surface area contributed by atoms with Crippen molar-refractivity contribution in [1.29, 1.82) is 0 Å². The zero-order chi connectivity index (χ0) is 19.9. The molecule has 0 aliphatic carbocycles. The Bertz CT molecular complexity index is 752. The van der Waals surface area contributed by atoms with E-state index in [-0.39, 0.29) is 24.8 Å². The van der Waals surface area contributed by atoms with Crippen molar-refractivity contribution < 1.29 is 18.6 Å². The minimum absolute atomic E-state index is 0.0795. The first-order valence-corrected chi connectivity index (χ1v) is 9.83. The van der Waals surface area contributed by atoms with Gasteiger partial charge in [-0.1, -0.05) is 24.3 Å². The summed E-state index contributed by atoms with van der Waals surface area (Å²) in [6.07, 6.45) is 0.618. The number of benzene rings is 2. The number of aliphatic hydroxyl groups excluding tert-OH is 1. The molecule has 1 aliphatic heterocycles. The van der Waals surface area contributed by atoms with E-state index in [2.05, 4.69) is 15.9 Å². The molecule has 152 valence electrons. The molecular weight excluding hydrogens is 362 g/mol. The van der Waals surface area contributed by atoms with Crippen molar-refractivity contribution in [3.63, 3.8) is 0 Å². The molecule has 0 bridgehead atoms. The maximum absolute atomic E-state index is 14.0. The number of halogens is 2. The number of hydrogen-bond acceptors (Lipinski definition) is 4. The highest BCUT2D eigenvalue weighted by Crippen LogP contribution is 2.24. The van der Waals surface area contributed by atoms with Gasteiger partial charge in [0.2, 0.25) is 0 Å². The summed E-state index contributed by atoms with van der Waals surface area (Å²) in [5, 5.41) is 9.52. The van der Waals surface area contributed by atoms with Gasteiger partial charge >= 0.3 is 0 Å². The minimum atomic E-state index is -0.508. The van der Waals surface area contributed by atoms with Gasteiger partial charge in [-0.25, -0.2) is 8.78 Å². The Kier molecular flexibility index (Phi) is 7.36. The van der Waals surface area contributed by atoms with Crippen LogP contribution in [0.25, 0.3) is 0 Å². The molecule has 0 amide bonds. The van der Waals surface area contributed by atoms with Gasteiger partial charge in [0.05, 0.1) is 6.61 Å². The van der Waals surface area contributed by atoms with E-state index in [1.165, 1.54) is 18.2 Å². The molecule has 0 saturated carbocycles. The Morgan fingerprint density at radius 1 is 1.04 bits per heavy atom. The SMILES string of the molecule is CCOc1ccccc1CN1CCN(Cc2c(F)cccc2F)CC1CCO. The summed E-state index contributed by atoms with van der Waals surface area (Å²) in [4.78, 5) is 4.38. The number of nitrogens with zero attached hydrogens (tertiary/aromatic N) is 2. The fourth-order valence-corrected chi connectivity index (χ4v) is 3.79. The highest BCUT2D eigenvalue weighted by molar-refractivity contribution is 5.33. The summed E-state index contributed by atoms with van der Waals surface area (Å²) in [5.74, 6) is -0.137. The highest BCUT2D eigenvalue weighted by atomic mass is 19.1. The van der Waals surface area contributed by atoms with Crippen LogP contribution >= 0.6 is 0 Å². The van der Waals surface area contributed by atoms with Crippen LogP contribution in [0.15, 0.2) is 42.5 Å². The smallest absolute Gasteiger partial charge is 0.130 e. The molecule has 6 heteroatoms. The van der Waals surface area contributed by atoms with Gasteiger partial charge in [-0.15, -0.1) is 0 Å². The highest BCUT2D eigenvalue weighted by Gasteiger charge is 2.28. The van der Waals surface area contributed by atoms with Crippen molar-refractivity contribution >= 4 is 0 Å². The molecule has 1 saturated heterocycles. The summed E-state index contributed by atoms with van der Waals surface area (Å²) >= 11 is 0. The predicted octanol–water partition coefficient (Wildman–Crippen LogP) is 3.43. The normalized spacial score (nSPS) is 18.4. The van der Waals surface area contributed by atoms with Crippen LogP contribution in [-0.4, -0.2) is 53.8 Å². The molecule has 28 heavy (non-hydrogen) atoms. The van der Waals surface area contributed by atoms with Crippen LogP contribution in [0.2, 0.25) is 0 Å². The standard InChI is InChI=1S/C22H28F2N2O2/c1-2-28-22-9-4-3-6-17(22)14-26-12-11-25(15-18(26)10-13-27)16-19-20(23)7-5-8-21(19)24/h3-9,18,27H,2,10-16H2,1H3. The summed E-state index contributed by atoms with van der Waals surface area (Å²) in [7, 11) is 0. The van der Waals surface area contributed by atoms with Crippen molar-refractivity contribution in [2.24, 2.45) is 0 Å². The van der Waals surface area contributed by atoms with E-state index in [0.717, 1.165) is 24.4 Å². The van der Waals surface area contributed by atoms with Crippen LogP contribution < -0.4 is 4.74 Å². The molecular formula is C22H28F2N2O2. The maximum atomic E-state index is 14.0. The van der Waals surface area contributed by atoms with Crippen LogP contribution in [0.4, 0.5) is 8.78 Å². The zero-order valence-corrected chi connectivity index (χ0v) is 16.3. The fourth-order valence-electron chi connectivity index (χ4n) is 3.79. The average Bonchev–Trinajstić information content (AvgIpc) is 2.68. The van der Waals surface area contributed by atoms with Crippen molar-refractivity contribution in [3.05, 3.63) is 65.2 Å². The maximum Gasteiger partial charge on any atom is 0.130 e. The van der Waals surface area contributed by atoms with Crippen LogP contribution in [0, 0.1) is 11.6 Å². The molecule has 1 heterocycles. The molecule has 1 N–H and O–H groups in total. The van der Waals surface area contributed by atoms with E-state index in [1.807, 2.05) is 25.1 Å². The predicted molar refractivity (Wildman–Crippen MR) is 105 cm³/mol. The topological polar surface area (TPSA) is 35.9 Å². The summed E-state index contributed by atoms with van der Waals surface area (Å²) < 4.78 is 33.7. The van der Waals surface area contributed by atoms with Gasteiger partial charge in [0.15, 0.2) is 0 Å². The quantitative estimate of drug-likeness (QED) is 0.749. The molecule has 2 aromatic rings. The summed E-state index contributed by atoms with van der Waals surface area (Å²) in [5.41, 5.74) is 1.22. The first-order chi connectivity index (χ1) is 13.6. The lowest BCUT2D eigenvalue weighted by Gasteiger charge is -2.41. The van der Waals surface area contributed by atoms with E-state index < -0.39 is 11.6 Å². The van der Waals surface area contributed by atoms with Gasteiger partial charge in [-0.05, 0) is 31.5 Å². The summed E-state index contributed by atoms with van der Waals surface area (Å²) in [6, 6.07) is 12.1. The van der Waals surface area contributed by atoms with E-state index in [1.54, 1.807) is 0 Å². The first kappa shape index (κ1) is 20.7. The van der Waals surface area contributed by atoms with Crippen molar-refractivity contribution in [2.75, 3.05) is 32.8 Å². The second kappa shape index (κ2) is 9.96. The van der Waals surface area contributed by atoms with E-state index in [4.69, 9.17) is 4.74 Å². The first-order valence-electron chi connectivity index (χ1n) is 9.83. The Balaban J connectivity index is 1.69. The number of piperazine rings is 1. The third-order valence-electron chi connectivity index (χ3n) is 5.24. The van der Waals surface area contributed by atoms with Crippen molar-refractivity contribution in [3.8, 4) is 5.75 Å². The number of para-hydroxylation sites is 1. The van der Waals surface area contributed by atoms with Crippen LogP contribution in [0.5, 0.6) is 5.75 Å². The van der Waals surface area contributed by atoms with Gasteiger partial charge in [0.25, 0.3) is 0 Å². The lowest BCUT2D eigenvalue weighted by molar-refractivity contribution is 0.0483. The minimum Gasteiger partial charge on any atom is -0.494 e. The number of aliphatic hydroxyl groups is 1. The molecule has 1 unspecified atom stereocenters. The summed E-state index contributed by atoms with van der Waals surface area (Å²) in [6.45, 7) is 5.76. The Labute approximate surface area is 165 Å². The van der Waals surface area contributed by atoms with Gasteiger partial charge in [0.1, 0.15) is 17.4 Å². The van der Waals surface area contributed by atoms with Crippen LogP contribution in [0.3, 0.4) is 0 Å². The van der Waals surface area contributed by atoms with Crippen molar-refractivity contribution in [2.45, 2.75) is 32.5 Å². The van der Waals surface area contributed by atoms with Gasteiger partial charge in [-0.3, -0.25) is 9.80 Å². The second-order valence-electron chi connectivity index (χ2n) is 7.11. The lowest BCUT2D eigenvalue weighted by Crippen LogP contribution is -2.52. The molecule has 3 rings (SSSR count). The third kappa shape index (κ3) is 5.07. The fraction of sp³-hybridized carbons (Fsp3) is 0.455. The molecule has 1 aliphatic rings. The second-order valence-corrected chi connectivity index (χ2v) is 7.11. The molecule has 4 nitrogen and oxygen atoms in total. The van der Waals surface area contributed by atoms with E-state index in [0.29, 0.717) is 26.1 Å². The van der Waals surface area contributed by atoms with Crippen LogP contribution in [0.1, 0.15) is 24.5 Å². The number of rotatable bonds is 8. The molecule has 0 aromatic heterocycles. The molecule has 0 radical (unpaired) electrons. The lowest BCUT2D eigenvalue weighted by atomic mass is 10.1. The van der Waals surface area contributed by atoms with E-state index in [9.17, 15) is 13.9 Å². The van der Waals surface area contributed by atoms with Crippen molar-refractivity contribution in [1.82, 2.24) is 9.80 Å². The molecule has 0 spiro atoms. The average molecular weight is 390 g/mol. The largest absolute Gasteiger partial charge is 0.494 e. The third-order valence-corrected chi connectivity index (χ3v) is 5.24. The van der Waals surface area contributed by atoms with Crippen LogP contribution in [-0.2, 0) is 13.1 Å². The molecule has 1 atom stereocenters. The number of ether oxygens (including phenoxy) is 1. The Morgan fingerprint density at radius 2 is 1.79 bits per heavy atom. The molecule has 1 fully saturated rings. The van der Waals surface area contributed by atoms with Gasteiger partial charge in [-0.2, -0.15) is 0 Å². The Morgan fingerprint density at radius 3 is 2.50 bits per heavy atom. The Hall–Kier alpha value is -2.02. The number of hydrogen-bond donors (Lipinski definition) is 1. The monoisotopic (exact) mass is 390 g/mol. The zero-order valence-electron chi connectivity index (χ0n) is 16.3.